The van der Waals surface area contributed by atoms with Gasteiger partial charge in [0.15, 0.2) is 0 Å². The van der Waals surface area contributed by atoms with Crippen molar-refractivity contribution in [2.24, 2.45) is 0 Å². The highest BCUT2D eigenvalue weighted by molar-refractivity contribution is 5.25. The average Bonchev–Trinajstić information content (AvgIpc) is 2.14. The first-order valence-electron chi connectivity index (χ1n) is 4.18. The minimum atomic E-state index is -4.41. The third kappa shape index (κ3) is 2.86. The molecule has 0 unspecified atom stereocenters. The van der Waals surface area contributed by atoms with E-state index in [1.165, 1.54) is 0 Å². The molecule has 1 N–H and O–H groups in total. The maximum absolute atomic E-state index is 12.2. The summed E-state index contributed by atoms with van der Waals surface area (Å²) in [5, 5.41) is 2.68. The Morgan fingerprint density at radius 3 is 2.71 bits per heavy atom. The van der Waals surface area contributed by atoms with E-state index >= 15 is 0 Å². The first-order chi connectivity index (χ1) is 6.54. The summed E-state index contributed by atoms with van der Waals surface area (Å²) < 4.78 is 36.5. The number of anilines is 1. The Morgan fingerprint density at radius 2 is 2.14 bits per heavy atom. The van der Waals surface area contributed by atoms with Gasteiger partial charge >= 0.3 is 6.18 Å². The third-order valence-corrected chi connectivity index (χ3v) is 1.48. The van der Waals surface area contributed by atoms with Crippen molar-refractivity contribution >= 4 is 5.95 Å². The van der Waals surface area contributed by atoms with Crippen LogP contribution in [0.1, 0.15) is 19.0 Å². The lowest BCUT2D eigenvalue weighted by Gasteiger charge is -2.07. The molecule has 0 amide bonds. The number of rotatable bonds is 3. The largest absolute Gasteiger partial charge is 0.433 e. The zero-order valence-electron chi connectivity index (χ0n) is 7.60. The first-order valence-corrected chi connectivity index (χ1v) is 4.18. The van der Waals surface area contributed by atoms with E-state index in [1.54, 1.807) is 0 Å². The van der Waals surface area contributed by atoms with Crippen molar-refractivity contribution in [2.75, 3.05) is 11.9 Å². The molecule has 1 rings (SSSR count). The predicted molar refractivity (Wildman–Crippen MR) is 45.8 cm³/mol. The number of nitrogens with one attached hydrogen (secondary N) is 1. The van der Waals surface area contributed by atoms with E-state index < -0.39 is 11.9 Å². The second-order valence-corrected chi connectivity index (χ2v) is 2.69. The number of halogens is 3. The molecule has 78 valence electrons. The average molecular weight is 205 g/mol. The molecule has 6 heteroatoms. The summed E-state index contributed by atoms with van der Waals surface area (Å²) in [6.07, 6.45) is -2.51. The van der Waals surface area contributed by atoms with Crippen LogP contribution in [0.4, 0.5) is 19.1 Å². The molecule has 0 aliphatic carbocycles. The minimum absolute atomic E-state index is 0.0154. The van der Waals surface area contributed by atoms with Gasteiger partial charge in [-0.2, -0.15) is 13.2 Å². The van der Waals surface area contributed by atoms with Crippen LogP contribution in [-0.2, 0) is 6.18 Å². The van der Waals surface area contributed by atoms with Crippen LogP contribution in [0, 0.1) is 0 Å². The van der Waals surface area contributed by atoms with Crippen molar-refractivity contribution in [2.45, 2.75) is 19.5 Å². The van der Waals surface area contributed by atoms with Crippen LogP contribution in [0.15, 0.2) is 12.3 Å². The molecule has 0 aliphatic heterocycles. The lowest BCUT2D eigenvalue weighted by molar-refractivity contribution is -0.141. The van der Waals surface area contributed by atoms with Crippen molar-refractivity contribution in [3.05, 3.63) is 18.0 Å². The lowest BCUT2D eigenvalue weighted by atomic mass is 10.4. The minimum Gasteiger partial charge on any atom is -0.354 e. The molecular weight excluding hydrogens is 195 g/mol. The van der Waals surface area contributed by atoms with Gasteiger partial charge < -0.3 is 5.32 Å². The van der Waals surface area contributed by atoms with Crippen LogP contribution in [0.5, 0.6) is 0 Å². The number of hydrogen-bond donors (Lipinski definition) is 1. The van der Waals surface area contributed by atoms with Crippen molar-refractivity contribution < 1.29 is 13.2 Å². The summed E-state index contributed by atoms with van der Waals surface area (Å²) in [7, 11) is 0. The Labute approximate surface area is 79.4 Å². The van der Waals surface area contributed by atoms with Gasteiger partial charge in [0.1, 0.15) is 5.69 Å². The predicted octanol–water partition coefficient (Wildman–Crippen LogP) is 2.32. The molecule has 0 saturated carbocycles. The zero-order chi connectivity index (χ0) is 10.6. The molecule has 0 radical (unpaired) electrons. The van der Waals surface area contributed by atoms with Crippen LogP contribution < -0.4 is 5.32 Å². The maximum atomic E-state index is 12.2. The van der Waals surface area contributed by atoms with Gasteiger partial charge in [-0.05, 0) is 12.5 Å². The maximum Gasteiger partial charge on any atom is 0.433 e. The molecule has 1 aromatic heterocycles. The fraction of sp³-hybridized carbons (Fsp3) is 0.500. The second-order valence-electron chi connectivity index (χ2n) is 2.69. The fourth-order valence-electron chi connectivity index (χ4n) is 0.839. The molecule has 0 atom stereocenters. The molecule has 14 heavy (non-hydrogen) atoms. The van der Waals surface area contributed by atoms with E-state index in [1.807, 2.05) is 6.92 Å². The van der Waals surface area contributed by atoms with Gasteiger partial charge in [-0.15, -0.1) is 0 Å². The number of hydrogen-bond acceptors (Lipinski definition) is 3. The van der Waals surface area contributed by atoms with Gasteiger partial charge in [-0.3, -0.25) is 0 Å². The summed E-state index contributed by atoms with van der Waals surface area (Å²) in [6.45, 7) is 2.46. The Hall–Kier alpha value is -1.33. The van der Waals surface area contributed by atoms with Gasteiger partial charge in [-0.25, -0.2) is 9.97 Å². The van der Waals surface area contributed by atoms with E-state index in [9.17, 15) is 13.2 Å². The highest BCUT2D eigenvalue weighted by Crippen LogP contribution is 2.27. The number of alkyl halides is 3. The monoisotopic (exact) mass is 205 g/mol. The smallest absolute Gasteiger partial charge is 0.354 e. The number of nitrogens with zero attached hydrogens (tertiary/aromatic N) is 2. The summed E-state index contributed by atoms with van der Waals surface area (Å²) in [5.74, 6) is 0.0154. The molecule has 0 spiro atoms. The van der Waals surface area contributed by atoms with Crippen molar-refractivity contribution in [1.82, 2.24) is 9.97 Å². The Balaban J connectivity index is 2.79. The van der Waals surface area contributed by atoms with E-state index in [2.05, 4.69) is 15.3 Å². The third-order valence-electron chi connectivity index (χ3n) is 1.48. The van der Waals surface area contributed by atoms with Crippen molar-refractivity contribution in [1.29, 1.82) is 0 Å². The van der Waals surface area contributed by atoms with Crippen LogP contribution >= 0.6 is 0 Å². The van der Waals surface area contributed by atoms with Gasteiger partial charge in [0.05, 0.1) is 0 Å². The Bertz CT molecular complexity index is 298. The van der Waals surface area contributed by atoms with Crippen LogP contribution in [0.2, 0.25) is 0 Å². The van der Waals surface area contributed by atoms with E-state index in [-0.39, 0.29) is 5.95 Å². The van der Waals surface area contributed by atoms with Crippen LogP contribution in [0.3, 0.4) is 0 Å². The molecule has 0 aromatic carbocycles. The SMILES string of the molecule is CCCNc1nccc(C(F)(F)F)n1. The van der Waals surface area contributed by atoms with Crippen LogP contribution in [0.25, 0.3) is 0 Å². The van der Waals surface area contributed by atoms with E-state index in [0.717, 1.165) is 18.7 Å². The summed E-state index contributed by atoms with van der Waals surface area (Å²) in [6, 6.07) is 0.844. The Morgan fingerprint density at radius 1 is 1.43 bits per heavy atom. The molecule has 0 bridgehead atoms. The molecule has 1 aromatic rings. The molecule has 1 heterocycles. The zero-order valence-corrected chi connectivity index (χ0v) is 7.60. The summed E-state index contributed by atoms with van der Waals surface area (Å²) in [5.41, 5.74) is -0.925. The van der Waals surface area contributed by atoms with Gasteiger partial charge in [0, 0.05) is 12.7 Å². The molecule has 3 nitrogen and oxygen atoms in total. The van der Waals surface area contributed by atoms with Gasteiger partial charge in [-0.1, -0.05) is 6.92 Å². The lowest BCUT2D eigenvalue weighted by Crippen LogP contribution is -2.11. The molecule has 0 saturated heterocycles. The van der Waals surface area contributed by atoms with Crippen molar-refractivity contribution in [3.63, 3.8) is 0 Å². The Kier molecular flexibility index (Phi) is 3.27. The second kappa shape index (κ2) is 4.26. The summed E-state index contributed by atoms with van der Waals surface area (Å²) >= 11 is 0. The van der Waals surface area contributed by atoms with Crippen LogP contribution in [-0.4, -0.2) is 16.5 Å². The quantitative estimate of drug-likeness (QED) is 0.822. The first kappa shape index (κ1) is 10.7. The molecule has 0 aliphatic rings. The molecular formula is C8H10F3N3. The van der Waals surface area contributed by atoms with Gasteiger partial charge in [0.2, 0.25) is 5.95 Å². The topological polar surface area (TPSA) is 37.8 Å². The summed E-state index contributed by atoms with van der Waals surface area (Å²) in [4.78, 5) is 7.00. The van der Waals surface area contributed by atoms with Crippen molar-refractivity contribution in [3.8, 4) is 0 Å². The molecule has 0 fully saturated rings. The normalized spacial score (nSPS) is 11.4. The fourth-order valence-corrected chi connectivity index (χ4v) is 0.839. The van der Waals surface area contributed by atoms with E-state index in [4.69, 9.17) is 0 Å². The van der Waals surface area contributed by atoms with Gasteiger partial charge in [0.25, 0.3) is 0 Å². The highest BCUT2D eigenvalue weighted by atomic mass is 19.4. The number of aromatic nitrogens is 2. The van der Waals surface area contributed by atoms with E-state index in [0.29, 0.717) is 6.54 Å². The standard InChI is InChI=1S/C8H10F3N3/c1-2-4-12-7-13-5-3-6(14-7)8(9,10)11/h3,5H,2,4H2,1H3,(H,12,13,14). The highest BCUT2D eigenvalue weighted by Gasteiger charge is 2.32.